The summed E-state index contributed by atoms with van der Waals surface area (Å²) in [6, 6.07) is 1.50. The molecule has 1 unspecified atom stereocenters. The van der Waals surface area contributed by atoms with Gasteiger partial charge in [0.15, 0.2) is 0 Å². The Hall–Kier alpha value is -1.82. The third kappa shape index (κ3) is 3.35. The second kappa shape index (κ2) is 5.88. The summed E-state index contributed by atoms with van der Waals surface area (Å²) >= 11 is 0. The van der Waals surface area contributed by atoms with Crippen molar-refractivity contribution in [2.45, 2.75) is 25.4 Å². The van der Waals surface area contributed by atoms with Crippen LogP contribution in [0.15, 0.2) is 12.3 Å². The number of carboxylic acid groups (broad SMARTS) is 1. The van der Waals surface area contributed by atoms with E-state index in [2.05, 4.69) is 4.98 Å². The molecule has 0 saturated carbocycles. The number of hydrogen-bond donors (Lipinski definition) is 2. The molecule has 6 nitrogen and oxygen atoms in total. The molecule has 0 aromatic carbocycles. The van der Waals surface area contributed by atoms with Crippen molar-refractivity contribution in [2.75, 3.05) is 30.8 Å². The number of carboxylic acids is 1. The molecule has 1 atom stereocenters. The SMILES string of the molecule is CN(CC1CCCCO1)c1cc(C(=O)O)c(N)cn1. The van der Waals surface area contributed by atoms with Crippen LogP contribution in [-0.4, -0.2) is 42.4 Å². The zero-order valence-corrected chi connectivity index (χ0v) is 11.0. The number of nitrogens with zero attached hydrogens (tertiary/aromatic N) is 2. The van der Waals surface area contributed by atoms with Crippen molar-refractivity contribution >= 4 is 17.5 Å². The fourth-order valence-corrected chi connectivity index (χ4v) is 2.20. The third-order valence-corrected chi connectivity index (χ3v) is 3.29. The van der Waals surface area contributed by atoms with Gasteiger partial charge < -0.3 is 20.5 Å². The van der Waals surface area contributed by atoms with Crippen molar-refractivity contribution < 1.29 is 14.6 Å². The fourth-order valence-electron chi connectivity index (χ4n) is 2.20. The van der Waals surface area contributed by atoms with E-state index in [0.29, 0.717) is 12.4 Å². The third-order valence-electron chi connectivity index (χ3n) is 3.29. The Morgan fingerprint density at radius 2 is 2.42 bits per heavy atom. The topological polar surface area (TPSA) is 88.7 Å². The van der Waals surface area contributed by atoms with Gasteiger partial charge >= 0.3 is 5.97 Å². The largest absolute Gasteiger partial charge is 0.478 e. The predicted molar refractivity (Wildman–Crippen MR) is 72.5 cm³/mol. The quantitative estimate of drug-likeness (QED) is 0.854. The smallest absolute Gasteiger partial charge is 0.337 e. The molecule has 19 heavy (non-hydrogen) atoms. The summed E-state index contributed by atoms with van der Waals surface area (Å²) in [5.74, 6) is -0.441. The van der Waals surface area contributed by atoms with Crippen LogP contribution < -0.4 is 10.6 Å². The Kier molecular flexibility index (Phi) is 4.21. The lowest BCUT2D eigenvalue weighted by molar-refractivity contribution is 0.0215. The lowest BCUT2D eigenvalue weighted by Crippen LogP contribution is -2.33. The fraction of sp³-hybridized carbons (Fsp3) is 0.538. The molecule has 1 aromatic rings. The molecular weight excluding hydrogens is 246 g/mol. The monoisotopic (exact) mass is 265 g/mol. The number of anilines is 2. The summed E-state index contributed by atoms with van der Waals surface area (Å²) in [6.45, 7) is 1.50. The van der Waals surface area contributed by atoms with Crippen LogP contribution in [0.2, 0.25) is 0 Å². The zero-order chi connectivity index (χ0) is 13.8. The van der Waals surface area contributed by atoms with Gasteiger partial charge in [0.25, 0.3) is 0 Å². The van der Waals surface area contributed by atoms with Crippen molar-refractivity contribution in [3.05, 3.63) is 17.8 Å². The maximum Gasteiger partial charge on any atom is 0.337 e. The van der Waals surface area contributed by atoms with Gasteiger partial charge in [0.1, 0.15) is 5.82 Å². The number of rotatable bonds is 4. The molecule has 2 heterocycles. The van der Waals surface area contributed by atoms with E-state index in [9.17, 15) is 4.79 Å². The van der Waals surface area contributed by atoms with E-state index >= 15 is 0 Å². The van der Waals surface area contributed by atoms with Crippen LogP contribution in [0.1, 0.15) is 29.6 Å². The minimum atomic E-state index is -1.04. The Balaban J connectivity index is 2.07. The maximum absolute atomic E-state index is 11.0. The number of aromatic nitrogens is 1. The molecule has 0 aliphatic carbocycles. The molecule has 1 aliphatic rings. The molecule has 0 bridgehead atoms. The summed E-state index contributed by atoms with van der Waals surface area (Å²) in [6.07, 6.45) is 4.89. The first kappa shape index (κ1) is 13.6. The van der Waals surface area contributed by atoms with Gasteiger partial charge in [-0.05, 0) is 25.3 Å². The van der Waals surface area contributed by atoms with Gasteiger partial charge in [-0.15, -0.1) is 0 Å². The summed E-state index contributed by atoms with van der Waals surface area (Å²) in [4.78, 5) is 17.1. The van der Waals surface area contributed by atoms with Crippen molar-refractivity contribution in [2.24, 2.45) is 0 Å². The van der Waals surface area contributed by atoms with E-state index in [4.69, 9.17) is 15.6 Å². The molecule has 0 radical (unpaired) electrons. The highest BCUT2D eigenvalue weighted by atomic mass is 16.5. The van der Waals surface area contributed by atoms with Crippen molar-refractivity contribution in [3.63, 3.8) is 0 Å². The normalized spacial score (nSPS) is 19.1. The molecule has 104 valence electrons. The average molecular weight is 265 g/mol. The second-order valence-electron chi connectivity index (χ2n) is 4.80. The summed E-state index contributed by atoms with van der Waals surface area (Å²) in [5.41, 5.74) is 5.85. The highest BCUT2D eigenvalue weighted by Gasteiger charge is 2.18. The number of pyridine rings is 1. The molecule has 1 fully saturated rings. The Morgan fingerprint density at radius 3 is 3.05 bits per heavy atom. The van der Waals surface area contributed by atoms with Gasteiger partial charge in [-0.25, -0.2) is 9.78 Å². The molecule has 1 aromatic heterocycles. The number of nitrogen functional groups attached to an aromatic ring is 1. The van der Waals surface area contributed by atoms with Crippen LogP contribution >= 0.6 is 0 Å². The van der Waals surface area contributed by atoms with E-state index < -0.39 is 5.97 Å². The molecule has 6 heteroatoms. The summed E-state index contributed by atoms with van der Waals surface area (Å²) in [7, 11) is 1.88. The highest BCUT2D eigenvalue weighted by Crippen LogP contribution is 2.20. The number of likely N-dealkylation sites (N-methyl/N-ethyl adjacent to an activating group) is 1. The van der Waals surface area contributed by atoms with Crippen LogP contribution in [0.3, 0.4) is 0 Å². The van der Waals surface area contributed by atoms with Gasteiger partial charge in [0.2, 0.25) is 0 Å². The molecule has 1 aliphatic heterocycles. The van der Waals surface area contributed by atoms with Gasteiger partial charge in [0.05, 0.1) is 23.6 Å². The molecule has 1 saturated heterocycles. The van der Waals surface area contributed by atoms with Crippen LogP contribution in [-0.2, 0) is 4.74 Å². The molecule has 2 rings (SSSR count). The predicted octanol–water partition coefficient (Wildman–Crippen LogP) is 1.37. The number of ether oxygens (including phenoxy) is 1. The van der Waals surface area contributed by atoms with Crippen LogP contribution in [0.4, 0.5) is 11.5 Å². The molecule has 0 spiro atoms. The minimum Gasteiger partial charge on any atom is -0.478 e. The van der Waals surface area contributed by atoms with Crippen molar-refractivity contribution in [1.29, 1.82) is 0 Å². The lowest BCUT2D eigenvalue weighted by atomic mass is 10.1. The van der Waals surface area contributed by atoms with E-state index in [-0.39, 0.29) is 17.4 Å². The second-order valence-corrected chi connectivity index (χ2v) is 4.80. The Morgan fingerprint density at radius 1 is 1.63 bits per heavy atom. The zero-order valence-electron chi connectivity index (χ0n) is 11.0. The van der Waals surface area contributed by atoms with Gasteiger partial charge in [-0.3, -0.25) is 0 Å². The highest BCUT2D eigenvalue weighted by molar-refractivity contribution is 5.94. The average Bonchev–Trinajstić information content (AvgIpc) is 2.40. The number of aromatic carboxylic acids is 1. The Labute approximate surface area is 112 Å². The standard InChI is InChI=1S/C13H19N3O3/c1-16(8-9-4-2-3-5-19-9)12-6-10(13(17)18)11(14)7-15-12/h6-7,9H,2-5,8,14H2,1H3,(H,17,18). The molecule has 0 amide bonds. The minimum absolute atomic E-state index is 0.0846. The summed E-state index contributed by atoms with van der Waals surface area (Å²) < 4.78 is 5.66. The van der Waals surface area contributed by atoms with Gasteiger partial charge in [-0.2, -0.15) is 0 Å². The maximum atomic E-state index is 11.0. The van der Waals surface area contributed by atoms with E-state index in [1.807, 2.05) is 11.9 Å². The van der Waals surface area contributed by atoms with Gasteiger partial charge in [-0.1, -0.05) is 0 Å². The molecular formula is C13H19N3O3. The first-order chi connectivity index (χ1) is 9.08. The van der Waals surface area contributed by atoms with Crippen molar-refractivity contribution in [3.8, 4) is 0 Å². The number of carbonyl (C=O) groups is 1. The number of hydrogen-bond acceptors (Lipinski definition) is 5. The van der Waals surface area contributed by atoms with Crippen LogP contribution in [0, 0.1) is 0 Å². The van der Waals surface area contributed by atoms with Crippen LogP contribution in [0.5, 0.6) is 0 Å². The number of nitrogens with two attached hydrogens (primary N) is 1. The van der Waals surface area contributed by atoms with E-state index in [1.54, 1.807) is 0 Å². The van der Waals surface area contributed by atoms with E-state index in [1.165, 1.54) is 18.7 Å². The van der Waals surface area contributed by atoms with Crippen LogP contribution in [0.25, 0.3) is 0 Å². The first-order valence-corrected chi connectivity index (χ1v) is 6.39. The lowest BCUT2D eigenvalue weighted by Gasteiger charge is -2.28. The van der Waals surface area contributed by atoms with Gasteiger partial charge in [0, 0.05) is 20.2 Å². The van der Waals surface area contributed by atoms with E-state index in [0.717, 1.165) is 19.4 Å². The van der Waals surface area contributed by atoms with Crippen molar-refractivity contribution in [1.82, 2.24) is 4.98 Å². The first-order valence-electron chi connectivity index (χ1n) is 6.39. The molecule has 3 N–H and O–H groups in total. The Bertz CT molecular complexity index is 458. The summed E-state index contributed by atoms with van der Waals surface area (Å²) in [5, 5.41) is 9.04.